The van der Waals surface area contributed by atoms with Gasteiger partial charge in [-0.25, -0.2) is 4.39 Å². The van der Waals surface area contributed by atoms with Crippen LogP contribution in [0.5, 0.6) is 5.75 Å². The second-order valence-electron chi connectivity index (χ2n) is 2.75. The van der Waals surface area contributed by atoms with Crippen molar-refractivity contribution in [3.05, 3.63) is 27.6 Å². The first-order valence-electron chi connectivity index (χ1n) is 4.32. The third-order valence-electron chi connectivity index (χ3n) is 1.66. The van der Waals surface area contributed by atoms with Gasteiger partial charge in [0.25, 0.3) is 0 Å². The van der Waals surface area contributed by atoms with E-state index in [2.05, 4.69) is 22.6 Å². The minimum absolute atomic E-state index is 0.264. The van der Waals surface area contributed by atoms with Crippen molar-refractivity contribution >= 4 is 32.8 Å². The first-order chi connectivity index (χ1) is 6.25. The summed E-state index contributed by atoms with van der Waals surface area (Å²) in [6, 6.07) is 6.17. The molecule has 0 saturated carbocycles. The lowest BCUT2D eigenvalue weighted by Crippen LogP contribution is -2.00. The van der Waals surface area contributed by atoms with Gasteiger partial charge in [0.05, 0.1) is 10.2 Å². The van der Waals surface area contributed by atoms with E-state index in [9.17, 15) is 4.39 Å². The van der Waals surface area contributed by atoms with Crippen LogP contribution in [0.2, 0.25) is 6.04 Å². The van der Waals surface area contributed by atoms with Gasteiger partial charge in [-0.1, -0.05) is 12.1 Å². The minimum Gasteiger partial charge on any atom is -0.489 e. The van der Waals surface area contributed by atoms with Gasteiger partial charge in [-0.3, -0.25) is 0 Å². The first-order valence-corrected chi connectivity index (χ1v) is 6.81. The second-order valence-corrected chi connectivity index (χ2v) is 4.91. The molecule has 1 aromatic rings. The Morgan fingerprint density at radius 1 is 1.46 bits per heavy atom. The summed E-state index contributed by atoms with van der Waals surface area (Å²) in [4.78, 5) is 0. The van der Waals surface area contributed by atoms with Crippen molar-refractivity contribution in [1.82, 2.24) is 0 Å². The van der Waals surface area contributed by atoms with Crippen molar-refractivity contribution in [2.24, 2.45) is 0 Å². The lowest BCUT2D eigenvalue weighted by Gasteiger charge is -2.07. The number of hydrogen-bond donors (Lipinski definition) is 0. The van der Waals surface area contributed by atoms with Crippen LogP contribution in [0.1, 0.15) is 6.42 Å². The van der Waals surface area contributed by atoms with E-state index in [1.807, 2.05) is 6.07 Å². The Hall–Kier alpha value is -0.103. The fraction of sp³-hybridized carbons (Fsp3) is 0.333. The average Bonchev–Trinajstić information content (AvgIpc) is 2.10. The zero-order valence-corrected chi connectivity index (χ0v) is 11.7. The average molecular weight is 310 g/mol. The highest BCUT2D eigenvalue weighted by Crippen LogP contribution is 2.24. The maximum atomic E-state index is 13.2. The van der Waals surface area contributed by atoms with Gasteiger partial charge < -0.3 is 4.74 Å². The van der Waals surface area contributed by atoms with E-state index in [-0.39, 0.29) is 5.82 Å². The Morgan fingerprint density at radius 2 is 2.23 bits per heavy atom. The zero-order chi connectivity index (χ0) is 9.68. The molecule has 0 radical (unpaired) electrons. The van der Waals surface area contributed by atoms with Gasteiger partial charge >= 0.3 is 0 Å². The zero-order valence-electron chi connectivity index (χ0n) is 7.52. The molecule has 4 heteroatoms. The first kappa shape index (κ1) is 11.0. The van der Waals surface area contributed by atoms with Gasteiger partial charge in [0.2, 0.25) is 0 Å². The SMILES string of the molecule is Fc1cccc(I)c1OCCC[SiH3]. The molecule has 0 spiro atoms. The Bertz CT molecular complexity index is 260. The predicted molar refractivity (Wildman–Crippen MR) is 64.0 cm³/mol. The van der Waals surface area contributed by atoms with Gasteiger partial charge in [0.15, 0.2) is 11.6 Å². The summed E-state index contributed by atoms with van der Waals surface area (Å²) >= 11 is 2.08. The third kappa shape index (κ3) is 3.26. The van der Waals surface area contributed by atoms with Crippen LogP contribution in [0.3, 0.4) is 0 Å². The molecule has 0 amide bonds. The monoisotopic (exact) mass is 310 g/mol. The van der Waals surface area contributed by atoms with Crippen LogP contribution in [0.15, 0.2) is 18.2 Å². The van der Waals surface area contributed by atoms with Gasteiger partial charge in [0, 0.05) is 10.2 Å². The van der Waals surface area contributed by atoms with Crippen LogP contribution in [0.4, 0.5) is 4.39 Å². The summed E-state index contributed by atoms with van der Waals surface area (Å²) in [7, 11) is 1.19. The lowest BCUT2D eigenvalue weighted by molar-refractivity contribution is 0.299. The van der Waals surface area contributed by atoms with Crippen molar-refractivity contribution in [2.45, 2.75) is 12.5 Å². The Morgan fingerprint density at radius 3 is 2.85 bits per heavy atom. The molecule has 0 aliphatic rings. The molecular formula is C9H12FIOSi. The molecule has 1 aromatic carbocycles. The van der Waals surface area contributed by atoms with Gasteiger partial charge in [-0.15, -0.1) is 0 Å². The normalized spacial score (nSPS) is 10.3. The number of rotatable bonds is 4. The predicted octanol–water partition coefficient (Wildman–Crippen LogP) is 1.98. The molecule has 72 valence electrons. The Kier molecular flexibility index (Phi) is 4.72. The molecular weight excluding hydrogens is 298 g/mol. The van der Waals surface area contributed by atoms with Crippen LogP contribution in [-0.4, -0.2) is 16.8 Å². The largest absolute Gasteiger partial charge is 0.489 e. The summed E-state index contributed by atoms with van der Waals surface area (Å²) < 4.78 is 19.3. The van der Waals surface area contributed by atoms with Crippen LogP contribution in [0, 0.1) is 9.39 Å². The standard InChI is InChI=1S/C9H12FIOSi/c10-7-3-1-4-8(11)9(7)12-5-2-6-13/h1,3-4H,2,5-6H2,13H3. The van der Waals surface area contributed by atoms with Crippen molar-refractivity contribution in [1.29, 1.82) is 0 Å². The number of para-hydroxylation sites is 1. The molecule has 0 unspecified atom stereocenters. The summed E-state index contributed by atoms with van der Waals surface area (Å²) in [5, 5.41) is 0. The van der Waals surface area contributed by atoms with E-state index >= 15 is 0 Å². The van der Waals surface area contributed by atoms with E-state index in [0.29, 0.717) is 12.4 Å². The summed E-state index contributed by atoms with van der Waals surface area (Å²) in [6.07, 6.45) is 1.02. The van der Waals surface area contributed by atoms with Gasteiger partial charge in [-0.05, 0) is 41.1 Å². The third-order valence-corrected chi connectivity index (χ3v) is 3.22. The molecule has 0 saturated heterocycles. The van der Waals surface area contributed by atoms with Crippen molar-refractivity contribution < 1.29 is 9.13 Å². The number of hydrogen-bond acceptors (Lipinski definition) is 1. The summed E-state index contributed by atoms with van der Waals surface area (Å²) in [6.45, 7) is 0.625. The molecule has 0 atom stereocenters. The maximum Gasteiger partial charge on any atom is 0.168 e. The highest BCUT2D eigenvalue weighted by molar-refractivity contribution is 14.1. The highest BCUT2D eigenvalue weighted by atomic mass is 127. The molecule has 0 aliphatic carbocycles. The maximum absolute atomic E-state index is 13.2. The van der Waals surface area contributed by atoms with Crippen molar-refractivity contribution in [3.8, 4) is 5.75 Å². The van der Waals surface area contributed by atoms with E-state index in [1.165, 1.54) is 22.4 Å². The van der Waals surface area contributed by atoms with E-state index in [0.717, 1.165) is 9.99 Å². The highest BCUT2D eigenvalue weighted by Gasteiger charge is 2.06. The fourth-order valence-corrected chi connectivity index (χ4v) is 1.85. The smallest absolute Gasteiger partial charge is 0.168 e. The number of halogens is 2. The van der Waals surface area contributed by atoms with Crippen LogP contribution in [0.25, 0.3) is 0 Å². The van der Waals surface area contributed by atoms with Gasteiger partial charge in [-0.2, -0.15) is 0 Å². The minimum atomic E-state index is -0.264. The number of ether oxygens (including phenoxy) is 1. The summed E-state index contributed by atoms with van der Waals surface area (Å²) in [5.74, 6) is 0.137. The van der Waals surface area contributed by atoms with Crippen molar-refractivity contribution in [3.63, 3.8) is 0 Å². The molecule has 0 bridgehead atoms. The van der Waals surface area contributed by atoms with Crippen molar-refractivity contribution in [2.75, 3.05) is 6.61 Å². The lowest BCUT2D eigenvalue weighted by atomic mass is 10.3. The molecule has 1 nitrogen and oxygen atoms in total. The molecule has 0 aromatic heterocycles. The van der Waals surface area contributed by atoms with E-state index in [4.69, 9.17) is 4.74 Å². The van der Waals surface area contributed by atoms with E-state index in [1.54, 1.807) is 6.07 Å². The quantitative estimate of drug-likeness (QED) is 0.469. The topological polar surface area (TPSA) is 9.23 Å². The molecule has 0 fully saturated rings. The molecule has 0 N–H and O–H groups in total. The Balaban J connectivity index is 2.64. The van der Waals surface area contributed by atoms with Gasteiger partial charge in [0.1, 0.15) is 0 Å². The van der Waals surface area contributed by atoms with Crippen LogP contribution >= 0.6 is 22.6 Å². The number of benzene rings is 1. The van der Waals surface area contributed by atoms with Crippen LogP contribution < -0.4 is 4.74 Å². The second kappa shape index (κ2) is 5.59. The molecule has 1 rings (SSSR count). The molecule has 0 heterocycles. The molecule has 0 aliphatic heterocycles. The summed E-state index contributed by atoms with van der Waals surface area (Å²) in [5.41, 5.74) is 0. The molecule has 13 heavy (non-hydrogen) atoms. The van der Waals surface area contributed by atoms with E-state index < -0.39 is 0 Å². The van der Waals surface area contributed by atoms with Crippen LogP contribution in [-0.2, 0) is 0 Å². The Labute approximate surface area is 94.2 Å². The fourth-order valence-electron chi connectivity index (χ4n) is 0.939.